The summed E-state index contributed by atoms with van der Waals surface area (Å²) in [6.07, 6.45) is 12.0. The second-order valence-corrected chi connectivity index (χ2v) is 8.07. The molecule has 0 bridgehead atoms. The van der Waals surface area contributed by atoms with Crippen molar-refractivity contribution in [3.8, 4) is 0 Å². The number of carbonyl (C=O) groups is 1. The Morgan fingerprint density at radius 1 is 0.613 bits per heavy atom. The highest BCUT2D eigenvalue weighted by molar-refractivity contribution is 5.69. The summed E-state index contributed by atoms with van der Waals surface area (Å²) in [5.41, 5.74) is 0. The molecule has 6 heteroatoms. The second kappa shape index (κ2) is 25.6. The van der Waals surface area contributed by atoms with Crippen LogP contribution in [0.2, 0.25) is 0 Å². The summed E-state index contributed by atoms with van der Waals surface area (Å²) in [6.45, 7) is 12.0. The maximum Gasteiger partial charge on any atom is 0.305 e. The van der Waals surface area contributed by atoms with Crippen LogP contribution >= 0.6 is 0 Å². The molecule has 31 heavy (non-hydrogen) atoms. The first-order valence-corrected chi connectivity index (χ1v) is 12.7. The predicted octanol–water partition coefficient (Wildman–Crippen LogP) is 5.56. The minimum absolute atomic E-state index is 0.118. The predicted molar refractivity (Wildman–Crippen MR) is 126 cm³/mol. The van der Waals surface area contributed by atoms with E-state index in [1.807, 2.05) is 0 Å². The van der Waals surface area contributed by atoms with E-state index in [2.05, 4.69) is 20.8 Å². The van der Waals surface area contributed by atoms with Crippen molar-refractivity contribution in [3.63, 3.8) is 0 Å². The number of hydrogen-bond donors (Lipinski definition) is 0. The molecule has 0 saturated carbocycles. The van der Waals surface area contributed by atoms with Gasteiger partial charge < -0.3 is 23.7 Å². The molecule has 6 nitrogen and oxygen atoms in total. The van der Waals surface area contributed by atoms with Crippen molar-refractivity contribution in [2.75, 3.05) is 59.5 Å². The molecule has 0 saturated heterocycles. The molecule has 0 rings (SSSR count). The van der Waals surface area contributed by atoms with E-state index in [4.69, 9.17) is 23.7 Å². The molecule has 0 aliphatic carbocycles. The molecular formula is C25H50O6. The molecule has 0 amide bonds. The van der Waals surface area contributed by atoms with Crippen molar-refractivity contribution in [1.82, 2.24) is 0 Å². The third-order valence-electron chi connectivity index (χ3n) is 5.20. The van der Waals surface area contributed by atoms with Crippen LogP contribution in [0, 0.1) is 5.92 Å². The molecule has 1 atom stereocenters. The van der Waals surface area contributed by atoms with Gasteiger partial charge in [0.2, 0.25) is 0 Å². The molecule has 0 aromatic rings. The molecule has 0 spiro atoms. The van der Waals surface area contributed by atoms with Gasteiger partial charge in [0.1, 0.15) is 0 Å². The second-order valence-electron chi connectivity index (χ2n) is 8.07. The maximum atomic E-state index is 11.8. The number of hydrogen-bond acceptors (Lipinski definition) is 6. The molecule has 0 radical (unpaired) electrons. The maximum absolute atomic E-state index is 11.8. The van der Waals surface area contributed by atoms with E-state index in [1.165, 1.54) is 38.5 Å². The van der Waals surface area contributed by atoms with Gasteiger partial charge in [-0.2, -0.15) is 0 Å². The van der Waals surface area contributed by atoms with Gasteiger partial charge in [-0.05, 0) is 25.2 Å². The fourth-order valence-corrected chi connectivity index (χ4v) is 3.07. The Morgan fingerprint density at radius 2 is 1.13 bits per heavy atom. The van der Waals surface area contributed by atoms with Gasteiger partial charge in [-0.1, -0.05) is 65.7 Å². The van der Waals surface area contributed by atoms with Gasteiger partial charge in [0.25, 0.3) is 0 Å². The van der Waals surface area contributed by atoms with Gasteiger partial charge in [-0.25, -0.2) is 0 Å². The standard InChI is InChI=1S/C25H50O6/c1-4-7-9-10-11-15-27-17-19-29-21-22-30-20-18-28-16-12-14-25(26)31-23-24(6-3)13-8-5-2/h24H,4-23H2,1-3H3. The highest BCUT2D eigenvalue weighted by atomic mass is 16.6. The SMILES string of the molecule is CCCCCCCOCCOCCOCCOCCCC(=O)OCC(CC)CCCC. The van der Waals surface area contributed by atoms with Gasteiger partial charge in [0.15, 0.2) is 0 Å². The number of unbranched alkanes of at least 4 members (excludes halogenated alkanes) is 5. The van der Waals surface area contributed by atoms with Crippen molar-refractivity contribution in [1.29, 1.82) is 0 Å². The highest BCUT2D eigenvalue weighted by Gasteiger charge is 2.09. The van der Waals surface area contributed by atoms with Crippen LogP contribution in [0.5, 0.6) is 0 Å². The highest BCUT2D eigenvalue weighted by Crippen LogP contribution is 2.13. The Morgan fingerprint density at radius 3 is 1.68 bits per heavy atom. The van der Waals surface area contributed by atoms with E-state index in [9.17, 15) is 4.79 Å². The molecule has 0 aliphatic rings. The van der Waals surface area contributed by atoms with Crippen LogP contribution in [0.25, 0.3) is 0 Å². The molecule has 0 aromatic heterocycles. The first-order valence-electron chi connectivity index (χ1n) is 12.7. The van der Waals surface area contributed by atoms with Gasteiger partial charge in [-0.3, -0.25) is 4.79 Å². The summed E-state index contributed by atoms with van der Waals surface area (Å²) in [5, 5.41) is 0. The van der Waals surface area contributed by atoms with Crippen molar-refractivity contribution in [2.24, 2.45) is 5.92 Å². The number of esters is 1. The average molecular weight is 447 g/mol. The fraction of sp³-hybridized carbons (Fsp3) is 0.960. The van der Waals surface area contributed by atoms with E-state index in [-0.39, 0.29) is 5.97 Å². The third-order valence-corrected chi connectivity index (χ3v) is 5.20. The van der Waals surface area contributed by atoms with Crippen LogP contribution < -0.4 is 0 Å². The van der Waals surface area contributed by atoms with Gasteiger partial charge in [0.05, 0.1) is 46.2 Å². The zero-order chi connectivity index (χ0) is 22.8. The van der Waals surface area contributed by atoms with E-state index < -0.39 is 0 Å². The molecule has 0 aliphatic heterocycles. The normalized spacial score (nSPS) is 12.2. The summed E-state index contributed by atoms with van der Waals surface area (Å²) in [5.74, 6) is 0.376. The van der Waals surface area contributed by atoms with Crippen molar-refractivity contribution in [3.05, 3.63) is 0 Å². The van der Waals surface area contributed by atoms with E-state index >= 15 is 0 Å². The molecule has 0 heterocycles. The number of carbonyl (C=O) groups excluding carboxylic acids is 1. The summed E-state index contributed by atoms with van der Waals surface area (Å²) in [4.78, 5) is 11.8. The van der Waals surface area contributed by atoms with E-state index in [0.717, 1.165) is 25.9 Å². The lowest BCUT2D eigenvalue weighted by Gasteiger charge is -2.14. The number of ether oxygens (including phenoxy) is 5. The molecular weight excluding hydrogens is 396 g/mol. The zero-order valence-electron chi connectivity index (χ0n) is 20.7. The van der Waals surface area contributed by atoms with Crippen molar-refractivity contribution >= 4 is 5.97 Å². The van der Waals surface area contributed by atoms with Crippen LogP contribution in [0.4, 0.5) is 0 Å². The van der Waals surface area contributed by atoms with Crippen LogP contribution in [0.1, 0.15) is 91.4 Å². The Kier molecular flexibility index (Phi) is 25.0. The Hall–Kier alpha value is -0.690. The molecule has 0 fully saturated rings. The van der Waals surface area contributed by atoms with E-state index in [0.29, 0.717) is 71.6 Å². The summed E-state index contributed by atoms with van der Waals surface area (Å²) >= 11 is 0. The summed E-state index contributed by atoms with van der Waals surface area (Å²) in [6, 6.07) is 0. The van der Waals surface area contributed by atoms with Crippen molar-refractivity contribution < 1.29 is 28.5 Å². The first kappa shape index (κ1) is 30.3. The monoisotopic (exact) mass is 446 g/mol. The Bertz CT molecular complexity index is 364. The lowest BCUT2D eigenvalue weighted by molar-refractivity contribution is -0.145. The largest absolute Gasteiger partial charge is 0.465 e. The summed E-state index contributed by atoms with van der Waals surface area (Å²) in [7, 11) is 0. The van der Waals surface area contributed by atoms with Gasteiger partial charge in [-0.15, -0.1) is 0 Å². The molecule has 0 N–H and O–H groups in total. The lowest BCUT2D eigenvalue weighted by Crippen LogP contribution is -2.15. The molecule has 0 aromatic carbocycles. The van der Waals surface area contributed by atoms with Crippen LogP contribution in [-0.4, -0.2) is 65.4 Å². The summed E-state index contributed by atoms with van der Waals surface area (Å²) < 4.78 is 27.4. The Labute approximate surface area is 191 Å². The third kappa shape index (κ3) is 23.8. The van der Waals surface area contributed by atoms with Gasteiger partial charge >= 0.3 is 5.97 Å². The van der Waals surface area contributed by atoms with Crippen LogP contribution in [0.3, 0.4) is 0 Å². The Balaban J connectivity index is 3.23. The average Bonchev–Trinajstić information content (AvgIpc) is 2.78. The quantitative estimate of drug-likeness (QED) is 0.135. The van der Waals surface area contributed by atoms with E-state index in [1.54, 1.807) is 0 Å². The minimum Gasteiger partial charge on any atom is -0.465 e. The molecule has 1 unspecified atom stereocenters. The number of rotatable bonds is 25. The zero-order valence-corrected chi connectivity index (χ0v) is 20.7. The fourth-order valence-electron chi connectivity index (χ4n) is 3.07. The topological polar surface area (TPSA) is 63.2 Å². The lowest BCUT2D eigenvalue weighted by atomic mass is 10.0. The first-order chi connectivity index (χ1) is 15.2. The molecule has 186 valence electrons. The van der Waals surface area contributed by atoms with Crippen molar-refractivity contribution in [2.45, 2.75) is 91.4 Å². The smallest absolute Gasteiger partial charge is 0.305 e. The minimum atomic E-state index is -0.118. The van der Waals surface area contributed by atoms with Crippen LogP contribution in [-0.2, 0) is 28.5 Å². The van der Waals surface area contributed by atoms with Gasteiger partial charge in [0, 0.05) is 19.6 Å². The van der Waals surface area contributed by atoms with Crippen LogP contribution in [0.15, 0.2) is 0 Å².